The zero-order chi connectivity index (χ0) is 30.8. The molecule has 0 aromatic heterocycles. The van der Waals surface area contributed by atoms with Crippen molar-refractivity contribution < 1.29 is 67.7 Å². The van der Waals surface area contributed by atoms with E-state index in [9.17, 15) is 28.8 Å². The number of ether oxygens (including phenoxy) is 5. The van der Waals surface area contributed by atoms with Gasteiger partial charge in [0, 0.05) is 24.6 Å². The monoisotopic (exact) mass is 580 g/mol. The van der Waals surface area contributed by atoms with Crippen LogP contribution in [0, 0.1) is 5.41 Å². The number of hydrogen-bond donors (Lipinski definition) is 2. The molecular formula is C27H32O14. The minimum absolute atomic E-state index is 0.0846. The third-order valence-corrected chi connectivity index (χ3v) is 4.92. The first-order valence-corrected chi connectivity index (χ1v) is 12.2. The third kappa shape index (κ3) is 13.9. The highest BCUT2D eigenvalue weighted by atomic mass is 17.1. The Morgan fingerprint density at radius 1 is 0.756 bits per heavy atom. The lowest BCUT2D eigenvalue weighted by Gasteiger charge is -2.17. The van der Waals surface area contributed by atoms with Crippen molar-refractivity contribution in [3.63, 3.8) is 0 Å². The fourth-order valence-electron chi connectivity index (χ4n) is 2.68. The van der Waals surface area contributed by atoms with E-state index in [4.69, 9.17) is 34.0 Å². The molecule has 0 fully saturated rings. The average Bonchev–Trinajstić information content (AvgIpc) is 2.95. The van der Waals surface area contributed by atoms with Crippen molar-refractivity contribution in [3.05, 3.63) is 59.7 Å². The van der Waals surface area contributed by atoms with Gasteiger partial charge in [-0.25, -0.2) is 24.0 Å². The summed E-state index contributed by atoms with van der Waals surface area (Å²) in [5.74, 6) is -4.79. The van der Waals surface area contributed by atoms with Crippen LogP contribution < -0.4 is 0 Å². The van der Waals surface area contributed by atoms with Gasteiger partial charge in [-0.2, -0.15) is 5.26 Å². The summed E-state index contributed by atoms with van der Waals surface area (Å²) in [5.41, 5.74) is -0.832. The summed E-state index contributed by atoms with van der Waals surface area (Å²) in [6.07, 6.45) is 3.30. The number of hydrogen-bond acceptors (Lipinski definition) is 14. The van der Waals surface area contributed by atoms with Gasteiger partial charge in [-0.1, -0.05) is 6.08 Å². The lowest BCUT2D eigenvalue weighted by Crippen LogP contribution is -2.26. The number of rotatable bonds is 16. The van der Waals surface area contributed by atoms with Crippen LogP contribution >= 0.6 is 0 Å². The van der Waals surface area contributed by atoms with Gasteiger partial charge in [-0.15, -0.1) is 0 Å². The molecular weight excluding hydrogens is 548 g/mol. The molecule has 1 rings (SSSR count). The van der Waals surface area contributed by atoms with Crippen LogP contribution in [0.2, 0.25) is 0 Å². The van der Waals surface area contributed by atoms with E-state index >= 15 is 0 Å². The first-order chi connectivity index (χ1) is 19.4. The lowest BCUT2D eigenvalue weighted by atomic mass is 9.93. The Morgan fingerprint density at radius 2 is 1.29 bits per heavy atom. The maximum absolute atomic E-state index is 12.2. The standard InChI is InChI=1S/C27H32O14/c1-18(40-22(30)8-9-23(31)41-35)11-14-37-24(32)19-4-6-20(7-5-19)25(33)38-17-16-36-21(29)10-12-27(2,3)26(34)39-15-13-28/h4-10,12,18,28,35H,11,13-17H2,1-3H3/b9-8+,12-10+. The van der Waals surface area contributed by atoms with Crippen molar-refractivity contribution in [3.8, 4) is 0 Å². The number of aliphatic hydroxyl groups is 1. The molecule has 0 saturated carbocycles. The van der Waals surface area contributed by atoms with Crippen LogP contribution in [0.3, 0.4) is 0 Å². The highest BCUT2D eigenvalue weighted by molar-refractivity contribution is 5.93. The van der Waals surface area contributed by atoms with E-state index in [1.807, 2.05) is 0 Å². The fraction of sp³-hybridized carbons (Fsp3) is 0.407. The van der Waals surface area contributed by atoms with Crippen LogP contribution in [0.25, 0.3) is 0 Å². The van der Waals surface area contributed by atoms with Gasteiger partial charge >= 0.3 is 35.8 Å². The largest absolute Gasteiger partial charge is 0.463 e. The second-order valence-corrected chi connectivity index (χ2v) is 8.71. The van der Waals surface area contributed by atoms with Crippen molar-refractivity contribution in [2.75, 3.05) is 33.0 Å². The van der Waals surface area contributed by atoms with E-state index in [0.717, 1.165) is 12.2 Å². The Bertz CT molecular complexity index is 1120. The molecule has 1 aromatic carbocycles. The van der Waals surface area contributed by atoms with Gasteiger partial charge in [0.2, 0.25) is 0 Å². The van der Waals surface area contributed by atoms with Gasteiger partial charge in [0.1, 0.15) is 25.9 Å². The number of carbonyl (C=O) groups excluding carboxylic acids is 6. The van der Waals surface area contributed by atoms with Gasteiger partial charge in [0.05, 0.1) is 29.8 Å². The number of esters is 5. The fourth-order valence-corrected chi connectivity index (χ4v) is 2.68. The molecule has 1 aromatic rings. The van der Waals surface area contributed by atoms with Crippen molar-refractivity contribution in [2.24, 2.45) is 5.41 Å². The molecule has 1 unspecified atom stereocenters. The molecule has 0 bridgehead atoms. The Labute approximate surface area is 235 Å². The van der Waals surface area contributed by atoms with Gasteiger partial charge in [0.25, 0.3) is 0 Å². The first-order valence-electron chi connectivity index (χ1n) is 12.2. The second-order valence-electron chi connectivity index (χ2n) is 8.71. The summed E-state index contributed by atoms with van der Waals surface area (Å²) in [7, 11) is 0. The molecule has 2 N–H and O–H groups in total. The quantitative estimate of drug-likeness (QED) is 0.0713. The predicted octanol–water partition coefficient (Wildman–Crippen LogP) is 1.56. The number of benzene rings is 1. The number of aliphatic hydroxyl groups excluding tert-OH is 1. The van der Waals surface area contributed by atoms with E-state index < -0.39 is 47.3 Å². The molecule has 0 aliphatic carbocycles. The van der Waals surface area contributed by atoms with Gasteiger partial charge in [0.15, 0.2) is 0 Å². The van der Waals surface area contributed by atoms with Crippen LogP contribution in [0.15, 0.2) is 48.6 Å². The smallest absolute Gasteiger partial charge is 0.365 e. The summed E-state index contributed by atoms with van der Waals surface area (Å²) in [6, 6.07) is 5.40. The Kier molecular flexibility index (Phi) is 15.1. The molecule has 0 heterocycles. The summed E-state index contributed by atoms with van der Waals surface area (Å²) in [4.78, 5) is 73.7. The summed E-state index contributed by atoms with van der Waals surface area (Å²) < 4.78 is 24.8. The normalized spacial score (nSPS) is 11.9. The molecule has 14 heteroatoms. The molecule has 0 saturated heterocycles. The van der Waals surface area contributed by atoms with Crippen LogP contribution in [0.5, 0.6) is 0 Å². The molecule has 0 spiro atoms. The molecule has 41 heavy (non-hydrogen) atoms. The molecule has 0 aliphatic rings. The van der Waals surface area contributed by atoms with Crippen LogP contribution in [0.4, 0.5) is 0 Å². The molecule has 14 nitrogen and oxygen atoms in total. The van der Waals surface area contributed by atoms with Gasteiger partial charge in [-0.3, -0.25) is 9.68 Å². The summed E-state index contributed by atoms with van der Waals surface area (Å²) >= 11 is 0. The summed E-state index contributed by atoms with van der Waals surface area (Å²) in [5, 5.41) is 16.8. The number of carbonyl (C=O) groups is 6. The molecule has 0 aliphatic heterocycles. The highest BCUT2D eigenvalue weighted by Crippen LogP contribution is 2.19. The molecule has 0 amide bonds. The summed E-state index contributed by atoms with van der Waals surface area (Å²) in [6.45, 7) is 3.54. The Morgan fingerprint density at radius 3 is 1.85 bits per heavy atom. The zero-order valence-corrected chi connectivity index (χ0v) is 22.7. The van der Waals surface area contributed by atoms with Crippen LogP contribution in [0.1, 0.15) is 47.9 Å². The van der Waals surface area contributed by atoms with Crippen LogP contribution in [-0.4, -0.2) is 85.3 Å². The second kappa shape index (κ2) is 17.9. The molecule has 1 atom stereocenters. The topological polar surface area (TPSA) is 198 Å². The molecule has 0 radical (unpaired) electrons. The highest BCUT2D eigenvalue weighted by Gasteiger charge is 2.26. The van der Waals surface area contributed by atoms with Crippen molar-refractivity contribution in [1.82, 2.24) is 0 Å². The van der Waals surface area contributed by atoms with Crippen LogP contribution in [-0.2, 0) is 47.8 Å². The first kappa shape index (κ1) is 34.5. The zero-order valence-electron chi connectivity index (χ0n) is 22.7. The van der Waals surface area contributed by atoms with E-state index in [2.05, 4.69) is 4.89 Å². The van der Waals surface area contributed by atoms with E-state index in [1.54, 1.807) is 6.92 Å². The average molecular weight is 581 g/mol. The predicted molar refractivity (Wildman–Crippen MR) is 137 cm³/mol. The van der Waals surface area contributed by atoms with Gasteiger partial charge in [-0.05, 0) is 45.0 Å². The Hall–Kier alpha value is -4.56. The van der Waals surface area contributed by atoms with Gasteiger partial charge < -0.3 is 28.8 Å². The minimum Gasteiger partial charge on any atom is -0.463 e. The lowest BCUT2D eigenvalue weighted by molar-refractivity contribution is -0.228. The maximum Gasteiger partial charge on any atom is 0.365 e. The third-order valence-electron chi connectivity index (χ3n) is 4.92. The van der Waals surface area contributed by atoms with Crippen molar-refractivity contribution in [1.29, 1.82) is 0 Å². The minimum atomic E-state index is -1.14. The van der Waals surface area contributed by atoms with E-state index in [-0.39, 0.29) is 50.6 Å². The van der Waals surface area contributed by atoms with Crippen molar-refractivity contribution >= 4 is 35.8 Å². The van der Waals surface area contributed by atoms with E-state index in [0.29, 0.717) is 6.08 Å². The van der Waals surface area contributed by atoms with Crippen molar-refractivity contribution in [2.45, 2.75) is 33.3 Å². The maximum atomic E-state index is 12.2. The molecule has 224 valence electrons. The Balaban J connectivity index is 2.39. The van der Waals surface area contributed by atoms with E-state index in [1.165, 1.54) is 44.2 Å². The SMILES string of the molecule is CC(CCOC(=O)c1ccc(C(=O)OCCOC(=O)/C=C/C(C)(C)C(=O)OCCO)cc1)OC(=O)/C=C/C(=O)OO.